The van der Waals surface area contributed by atoms with Gasteiger partial charge in [0.2, 0.25) is 12.7 Å². The molecular formula is C23H28N2O4S2. The molecule has 1 aromatic carbocycles. The van der Waals surface area contributed by atoms with E-state index in [1.54, 1.807) is 4.90 Å². The number of benzene rings is 1. The molecule has 31 heavy (non-hydrogen) atoms. The molecule has 0 spiro atoms. The van der Waals surface area contributed by atoms with Gasteiger partial charge in [0.1, 0.15) is 4.32 Å². The lowest BCUT2D eigenvalue weighted by Gasteiger charge is -2.22. The predicted molar refractivity (Wildman–Crippen MR) is 126 cm³/mol. The number of nitrogens with zero attached hydrogens (tertiary/aromatic N) is 1. The standard InChI is InChI=1S/C23H28N2O4S2/c26-21(24-17-7-3-1-4-8-17)9-5-2-6-12-25-22(27)20(31-23(25)30)14-16-10-11-18-19(13-16)29-15-28-18/h10-11,13-14,17H,1-9,12,15H2,(H,24,26)/b20-14-. The van der Waals surface area contributed by atoms with Crippen LogP contribution in [0.25, 0.3) is 6.08 Å². The van der Waals surface area contributed by atoms with Crippen LogP contribution < -0.4 is 14.8 Å². The highest BCUT2D eigenvalue weighted by molar-refractivity contribution is 8.26. The summed E-state index contributed by atoms with van der Waals surface area (Å²) < 4.78 is 11.3. The van der Waals surface area contributed by atoms with Crippen molar-refractivity contribution in [2.75, 3.05) is 13.3 Å². The zero-order valence-electron chi connectivity index (χ0n) is 17.6. The van der Waals surface area contributed by atoms with Gasteiger partial charge in [0.05, 0.1) is 4.91 Å². The van der Waals surface area contributed by atoms with Crippen molar-refractivity contribution < 1.29 is 19.1 Å². The highest BCUT2D eigenvalue weighted by Crippen LogP contribution is 2.36. The van der Waals surface area contributed by atoms with E-state index in [1.165, 1.54) is 31.0 Å². The molecule has 0 atom stereocenters. The first-order valence-electron chi connectivity index (χ1n) is 11.0. The number of carbonyl (C=O) groups is 2. The van der Waals surface area contributed by atoms with Gasteiger partial charge in [-0.3, -0.25) is 14.5 Å². The zero-order valence-corrected chi connectivity index (χ0v) is 19.2. The third-order valence-electron chi connectivity index (χ3n) is 5.82. The lowest BCUT2D eigenvalue weighted by Crippen LogP contribution is -2.36. The fraction of sp³-hybridized carbons (Fsp3) is 0.522. The summed E-state index contributed by atoms with van der Waals surface area (Å²) in [5.74, 6) is 1.51. The Labute approximate surface area is 192 Å². The van der Waals surface area contributed by atoms with Gasteiger partial charge in [-0.2, -0.15) is 0 Å². The van der Waals surface area contributed by atoms with Gasteiger partial charge in [0, 0.05) is 19.0 Å². The predicted octanol–water partition coefficient (Wildman–Crippen LogP) is 4.63. The Balaban J connectivity index is 1.20. The van der Waals surface area contributed by atoms with Gasteiger partial charge < -0.3 is 14.8 Å². The molecule has 166 valence electrons. The van der Waals surface area contributed by atoms with Crippen molar-refractivity contribution in [3.63, 3.8) is 0 Å². The molecule has 1 saturated carbocycles. The monoisotopic (exact) mass is 460 g/mol. The maximum absolute atomic E-state index is 12.8. The van der Waals surface area contributed by atoms with Crippen LogP contribution in [0, 0.1) is 0 Å². The quantitative estimate of drug-likeness (QED) is 0.347. The molecule has 3 aliphatic rings. The average Bonchev–Trinajstić information content (AvgIpc) is 3.33. The first-order chi connectivity index (χ1) is 15.1. The normalized spacial score (nSPS) is 20.0. The second-order valence-corrected chi connectivity index (χ2v) is 9.83. The van der Waals surface area contributed by atoms with Crippen molar-refractivity contribution in [2.45, 2.75) is 63.8 Å². The van der Waals surface area contributed by atoms with Crippen LogP contribution >= 0.6 is 24.0 Å². The molecule has 2 aliphatic heterocycles. The molecule has 4 rings (SSSR count). The molecule has 0 unspecified atom stereocenters. The highest BCUT2D eigenvalue weighted by Gasteiger charge is 2.31. The molecular weight excluding hydrogens is 432 g/mol. The van der Waals surface area contributed by atoms with Crippen molar-refractivity contribution in [1.29, 1.82) is 0 Å². The second kappa shape index (κ2) is 10.5. The summed E-state index contributed by atoms with van der Waals surface area (Å²) in [6.45, 7) is 0.816. The lowest BCUT2D eigenvalue weighted by molar-refractivity contribution is -0.123. The number of carbonyl (C=O) groups excluding carboxylic acids is 2. The molecule has 0 radical (unpaired) electrons. The summed E-state index contributed by atoms with van der Waals surface area (Å²) in [7, 11) is 0. The van der Waals surface area contributed by atoms with Crippen LogP contribution in [-0.2, 0) is 9.59 Å². The van der Waals surface area contributed by atoms with Crippen molar-refractivity contribution in [1.82, 2.24) is 10.2 Å². The second-order valence-electron chi connectivity index (χ2n) is 8.16. The Morgan fingerprint density at radius 2 is 1.97 bits per heavy atom. The Morgan fingerprint density at radius 3 is 2.81 bits per heavy atom. The average molecular weight is 461 g/mol. The van der Waals surface area contributed by atoms with E-state index in [2.05, 4.69) is 5.32 Å². The van der Waals surface area contributed by atoms with Gasteiger partial charge >= 0.3 is 0 Å². The van der Waals surface area contributed by atoms with Crippen LogP contribution in [0.1, 0.15) is 63.4 Å². The van der Waals surface area contributed by atoms with E-state index in [0.29, 0.717) is 34.0 Å². The number of thiocarbonyl (C=S) groups is 1. The zero-order chi connectivity index (χ0) is 21.6. The van der Waals surface area contributed by atoms with E-state index in [1.807, 2.05) is 24.3 Å². The van der Waals surface area contributed by atoms with Gasteiger partial charge in [-0.15, -0.1) is 0 Å². The molecule has 1 aliphatic carbocycles. The molecule has 1 aromatic rings. The Bertz CT molecular complexity index is 880. The summed E-state index contributed by atoms with van der Waals surface area (Å²) in [5, 5.41) is 3.16. The summed E-state index contributed by atoms with van der Waals surface area (Å²) in [6.07, 6.45) is 10.9. The molecule has 0 aromatic heterocycles. The number of thioether (sulfide) groups is 1. The van der Waals surface area contributed by atoms with Crippen LogP contribution in [0.4, 0.5) is 0 Å². The Hall–Kier alpha value is -2.06. The van der Waals surface area contributed by atoms with E-state index in [0.717, 1.165) is 43.4 Å². The van der Waals surface area contributed by atoms with Crippen molar-refractivity contribution in [3.8, 4) is 11.5 Å². The molecule has 2 fully saturated rings. The van der Waals surface area contributed by atoms with Crippen LogP contribution in [0.15, 0.2) is 23.1 Å². The highest BCUT2D eigenvalue weighted by atomic mass is 32.2. The number of ether oxygens (including phenoxy) is 2. The number of hydrogen-bond acceptors (Lipinski definition) is 6. The largest absolute Gasteiger partial charge is 0.454 e. The third-order valence-corrected chi connectivity index (χ3v) is 7.20. The van der Waals surface area contributed by atoms with Crippen LogP contribution in [0.5, 0.6) is 11.5 Å². The molecule has 1 saturated heterocycles. The third kappa shape index (κ3) is 5.80. The topological polar surface area (TPSA) is 67.9 Å². The Morgan fingerprint density at radius 1 is 1.16 bits per heavy atom. The van der Waals surface area contributed by atoms with Gasteiger partial charge in [-0.25, -0.2) is 0 Å². The number of rotatable bonds is 8. The van der Waals surface area contributed by atoms with Crippen LogP contribution in [0.3, 0.4) is 0 Å². The van der Waals surface area contributed by atoms with Gasteiger partial charge in [0.25, 0.3) is 5.91 Å². The smallest absolute Gasteiger partial charge is 0.266 e. The van der Waals surface area contributed by atoms with Crippen molar-refractivity contribution in [3.05, 3.63) is 28.7 Å². The van der Waals surface area contributed by atoms with Gasteiger partial charge in [-0.05, 0) is 49.5 Å². The minimum absolute atomic E-state index is 0.0530. The minimum Gasteiger partial charge on any atom is -0.454 e. The fourth-order valence-corrected chi connectivity index (χ4v) is 5.43. The summed E-state index contributed by atoms with van der Waals surface area (Å²) >= 11 is 6.75. The van der Waals surface area contributed by atoms with Crippen LogP contribution in [-0.4, -0.2) is 40.4 Å². The number of hydrogen-bond donors (Lipinski definition) is 1. The first kappa shape index (κ1) is 22.1. The molecule has 1 N–H and O–H groups in total. The minimum atomic E-state index is -0.0530. The molecule has 0 bridgehead atoms. The maximum Gasteiger partial charge on any atom is 0.266 e. The number of unbranched alkanes of at least 4 members (excludes halogenated alkanes) is 2. The number of fused-ring (bicyclic) bond motifs is 1. The Kier molecular flexibility index (Phi) is 7.50. The SMILES string of the molecule is O=C(CCCCCN1C(=O)/C(=C/c2ccc3c(c2)OCO3)SC1=S)NC1CCCCC1. The fourth-order valence-electron chi connectivity index (χ4n) is 4.13. The van der Waals surface area contributed by atoms with E-state index < -0.39 is 0 Å². The van der Waals surface area contributed by atoms with E-state index in [4.69, 9.17) is 21.7 Å². The van der Waals surface area contributed by atoms with Crippen molar-refractivity contribution in [2.24, 2.45) is 0 Å². The number of amides is 2. The molecule has 6 nitrogen and oxygen atoms in total. The first-order valence-corrected chi connectivity index (χ1v) is 12.3. The van der Waals surface area contributed by atoms with Gasteiger partial charge in [-0.1, -0.05) is 55.7 Å². The molecule has 2 heterocycles. The van der Waals surface area contributed by atoms with E-state index >= 15 is 0 Å². The van der Waals surface area contributed by atoms with E-state index in [9.17, 15) is 9.59 Å². The maximum atomic E-state index is 12.8. The summed E-state index contributed by atoms with van der Waals surface area (Å²) in [6, 6.07) is 5.98. The lowest BCUT2D eigenvalue weighted by atomic mass is 9.95. The van der Waals surface area contributed by atoms with Crippen LogP contribution in [0.2, 0.25) is 0 Å². The molecule has 2 amide bonds. The van der Waals surface area contributed by atoms with Gasteiger partial charge in [0.15, 0.2) is 11.5 Å². The molecule has 8 heteroatoms. The van der Waals surface area contributed by atoms with E-state index in [-0.39, 0.29) is 18.6 Å². The van der Waals surface area contributed by atoms with Crippen molar-refractivity contribution >= 4 is 46.2 Å². The summed E-state index contributed by atoms with van der Waals surface area (Å²) in [5.41, 5.74) is 0.883. The summed E-state index contributed by atoms with van der Waals surface area (Å²) in [4.78, 5) is 27.2. The number of nitrogens with one attached hydrogen (secondary N) is 1.